The largest absolute Gasteiger partial charge is 0.359 e. The van der Waals surface area contributed by atoms with Crippen molar-refractivity contribution < 1.29 is 0 Å². The summed E-state index contributed by atoms with van der Waals surface area (Å²) < 4.78 is 2.01. The summed E-state index contributed by atoms with van der Waals surface area (Å²) in [5.41, 5.74) is 5.42. The number of nitrogens with one attached hydrogen (secondary N) is 1. The van der Waals surface area contributed by atoms with Gasteiger partial charge in [-0.15, -0.1) is 0 Å². The van der Waals surface area contributed by atoms with Gasteiger partial charge in [-0.3, -0.25) is 0 Å². The van der Waals surface area contributed by atoms with Crippen LogP contribution in [0.1, 0.15) is 17.4 Å². The molecular weight excluding hydrogens is 282 g/mol. The van der Waals surface area contributed by atoms with Gasteiger partial charge in [-0.25, -0.2) is 4.68 Å². The van der Waals surface area contributed by atoms with Crippen molar-refractivity contribution in [3.63, 3.8) is 0 Å². The number of halogens is 1. The van der Waals surface area contributed by atoms with Gasteiger partial charge in [-0.05, 0) is 25.1 Å². The fraction of sp³-hybridized carbons (Fsp3) is 0.118. The van der Waals surface area contributed by atoms with E-state index < -0.39 is 0 Å². The van der Waals surface area contributed by atoms with Crippen molar-refractivity contribution in [2.45, 2.75) is 13.1 Å². The highest BCUT2D eigenvalue weighted by atomic mass is 35.5. The molecule has 1 N–H and O–H groups in total. The molecule has 0 fully saturated rings. The molecule has 1 aromatic heterocycles. The molecule has 2 aromatic carbocycles. The van der Waals surface area contributed by atoms with Crippen molar-refractivity contribution in [3.8, 4) is 11.3 Å². The molecular formula is C17H14ClN3. The van der Waals surface area contributed by atoms with Gasteiger partial charge in [-0.2, -0.15) is 5.10 Å². The zero-order valence-electron chi connectivity index (χ0n) is 11.5. The first kappa shape index (κ1) is 12.5. The number of nitrogens with zero attached hydrogens (tertiary/aromatic N) is 2. The summed E-state index contributed by atoms with van der Waals surface area (Å²) in [7, 11) is 0. The van der Waals surface area contributed by atoms with Crippen molar-refractivity contribution in [2.75, 3.05) is 5.32 Å². The molecule has 1 atom stereocenters. The van der Waals surface area contributed by atoms with Gasteiger partial charge in [0.2, 0.25) is 0 Å². The van der Waals surface area contributed by atoms with E-state index in [1.54, 1.807) is 0 Å². The highest BCUT2D eigenvalue weighted by molar-refractivity contribution is 6.31. The van der Waals surface area contributed by atoms with Crippen LogP contribution in [-0.2, 0) is 0 Å². The molecule has 2 heterocycles. The van der Waals surface area contributed by atoms with Gasteiger partial charge in [0.25, 0.3) is 0 Å². The number of para-hydroxylation sites is 1. The van der Waals surface area contributed by atoms with Gasteiger partial charge in [0.15, 0.2) is 0 Å². The van der Waals surface area contributed by atoms with Crippen molar-refractivity contribution in [3.05, 3.63) is 70.9 Å². The average Bonchev–Trinajstić information content (AvgIpc) is 2.89. The average molecular weight is 296 g/mol. The summed E-state index contributed by atoms with van der Waals surface area (Å²) in [6.07, 6.45) is -0.0858. The highest BCUT2D eigenvalue weighted by Crippen LogP contribution is 2.39. The van der Waals surface area contributed by atoms with E-state index in [0.717, 1.165) is 27.7 Å². The number of anilines is 1. The Hall–Kier alpha value is -2.26. The predicted molar refractivity (Wildman–Crippen MR) is 85.6 cm³/mol. The molecule has 0 bridgehead atoms. The summed E-state index contributed by atoms with van der Waals surface area (Å²) in [5, 5.41) is 8.93. The minimum Gasteiger partial charge on any atom is -0.359 e. The van der Waals surface area contributed by atoms with Gasteiger partial charge < -0.3 is 5.32 Å². The number of benzene rings is 2. The highest BCUT2D eigenvalue weighted by Gasteiger charge is 2.27. The number of rotatable bonds is 1. The lowest BCUT2D eigenvalue weighted by molar-refractivity contribution is 0.571. The Kier molecular flexibility index (Phi) is 2.76. The molecule has 0 amide bonds. The molecule has 0 saturated carbocycles. The maximum absolute atomic E-state index is 6.38. The van der Waals surface area contributed by atoms with E-state index in [4.69, 9.17) is 11.6 Å². The Bertz CT molecular complexity index is 822. The SMILES string of the molecule is Cc1cc2n(n1)[C@H](c1ccccc1Cl)Nc1ccccc1-2. The number of aryl methyl sites for hydroxylation is 1. The first-order valence-electron chi connectivity index (χ1n) is 6.90. The minimum absolute atomic E-state index is 0.0858. The Balaban J connectivity index is 1.94. The lowest BCUT2D eigenvalue weighted by Crippen LogP contribution is -2.25. The summed E-state index contributed by atoms with van der Waals surface area (Å²) in [6.45, 7) is 2.01. The van der Waals surface area contributed by atoms with Crippen LogP contribution in [0.4, 0.5) is 5.69 Å². The van der Waals surface area contributed by atoms with E-state index in [1.165, 1.54) is 5.56 Å². The zero-order chi connectivity index (χ0) is 14.4. The maximum Gasteiger partial charge on any atom is 0.148 e. The molecule has 3 nitrogen and oxygen atoms in total. The van der Waals surface area contributed by atoms with E-state index in [0.29, 0.717) is 0 Å². The second-order valence-electron chi connectivity index (χ2n) is 5.23. The Morgan fingerprint density at radius 1 is 1.10 bits per heavy atom. The molecule has 0 aliphatic carbocycles. The third kappa shape index (κ3) is 1.93. The molecule has 4 rings (SSSR count). The molecule has 1 aliphatic heterocycles. The second-order valence-corrected chi connectivity index (χ2v) is 5.64. The van der Waals surface area contributed by atoms with E-state index >= 15 is 0 Å². The standard InChI is InChI=1S/C17H14ClN3/c1-11-10-16-13-7-3-5-9-15(13)19-17(21(16)20-11)12-6-2-4-8-14(12)18/h2-10,17,19H,1H3/t17-/m1/s1. The minimum atomic E-state index is -0.0858. The second kappa shape index (κ2) is 4.64. The summed E-state index contributed by atoms with van der Waals surface area (Å²) in [5.74, 6) is 0. The van der Waals surface area contributed by atoms with Crippen molar-refractivity contribution >= 4 is 17.3 Å². The Labute approximate surface area is 128 Å². The topological polar surface area (TPSA) is 29.9 Å². The fourth-order valence-corrected chi connectivity index (χ4v) is 3.10. The van der Waals surface area contributed by atoms with Crippen LogP contribution in [0.15, 0.2) is 54.6 Å². The zero-order valence-corrected chi connectivity index (χ0v) is 12.3. The van der Waals surface area contributed by atoms with Crippen molar-refractivity contribution in [1.82, 2.24) is 9.78 Å². The van der Waals surface area contributed by atoms with Crippen LogP contribution in [0.5, 0.6) is 0 Å². The lowest BCUT2D eigenvalue weighted by atomic mass is 10.0. The van der Waals surface area contributed by atoms with E-state index in [-0.39, 0.29) is 6.17 Å². The van der Waals surface area contributed by atoms with Crippen LogP contribution < -0.4 is 5.32 Å². The quantitative estimate of drug-likeness (QED) is 0.717. The molecule has 1 aliphatic rings. The molecule has 0 radical (unpaired) electrons. The van der Waals surface area contributed by atoms with Gasteiger partial charge in [0.1, 0.15) is 6.17 Å². The Morgan fingerprint density at radius 2 is 1.86 bits per heavy atom. The normalized spacial score (nSPS) is 16.0. The Morgan fingerprint density at radius 3 is 2.71 bits per heavy atom. The summed E-state index contributed by atoms with van der Waals surface area (Å²) in [4.78, 5) is 0. The molecule has 104 valence electrons. The van der Waals surface area contributed by atoms with Crippen molar-refractivity contribution in [2.24, 2.45) is 0 Å². The summed E-state index contributed by atoms with van der Waals surface area (Å²) >= 11 is 6.38. The number of hydrogen-bond donors (Lipinski definition) is 1. The lowest BCUT2D eigenvalue weighted by Gasteiger charge is -2.29. The number of aromatic nitrogens is 2. The smallest absolute Gasteiger partial charge is 0.148 e. The number of hydrogen-bond acceptors (Lipinski definition) is 2. The van der Waals surface area contributed by atoms with Crippen molar-refractivity contribution in [1.29, 1.82) is 0 Å². The molecule has 3 aromatic rings. The van der Waals surface area contributed by atoms with E-state index in [2.05, 4.69) is 28.6 Å². The van der Waals surface area contributed by atoms with Crippen LogP contribution in [0.3, 0.4) is 0 Å². The van der Waals surface area contributed by atoms with E-state index in [9.17, 15) is 0 Å². The van der Waals surface area contributed by atoms with Gasteiger partial charge in [-0.1, -0.05) is 48.0 Å². The van der Waals surface area contributed by atoms with Gasteiger partial charge >= 0.3 is 0 Å². The maximum atomic E-state index is 6.38. The third-order valence-electron chi connectivity index (χ3n) is 3.80. The van der Waals surface area contributed by atoms with Crippen LogP contribution >= 0.6 is 11.6 Å². The third-order valence-corrected chi connectivity index (χ3v) is 4.14. The van der Waals surface area contributed by atoms with Gasteiger partial charge in [0, 0.05) is 21.8 Å². The monoisotopic (exact) mass is 295 g/mol. The molecule has 0 saturated heterocycles. The molecule has 4 heteroatoms. The molecule has 0 spiro atoms. The van der Waals surface area contributed by atoms with Crippen LogP contribution in [0.2, 0.25) is 5.02 Å². The van der Waals surface area contributed by atoms with Crippen LogP contribution in [-0.4, -0.2) is 9.78 Å². The summed E-state index contributed by atoms with van der Waals surface area (Å²) in [6, 6.07) is 18.3. The fourth-order valence-electron chi connectivity index (χ4n) is 2.86. The molecule has 21 heavy (non-hydrogen) atoms. The first-order valence-corrected chi connectivity index (χ1v) is 7.28. The van der Waals surface area contributed by atoms with Crippen LogP contribution in [0, 0.1) is 6.92 Å². The van der Waals surface area contributed by atoms with Crippen LogP contribution in [0.25, 0.3) is 11.3 Å². The number of fused-ring (bicyclic) bond motifs is 3. The van der Waals surface area contributed by atoms with E-state index in [1.807, 2.05) is 48.0 Å². The van der Waals surface area contributed by atoms with Gasteiger partial charge in [0.05, 0.1) is 11.4 Å². The predicted octanol–water partition coefficient (Wildman–Crippen LogP) is 4.48. The molecule has 0 unspecified atom stereocenters. The first-order chi connectivity index (χ1) is 10.2.